The van der Waals surface area contributed by atoms with Crippen LogP contribution in [-0.2, 0) is 11.2 Å². The molecule has 0 amide bonds. The Kier molecular flexibility index (Phi) is 2.97. The van der Waals surface area contributed by atoms with Crippen LogP contribution in [-0.4, -0.2) is 25.0 Å². The number of hydrogen-bond donors (Lipinski definition) is 1. The highest BCUT2D eigenvalue weighted by Gasteiger charge is 2.27. The van der Waals surface area contributed by atoms with E-state index >= 15 is 0 Å². The molecule has 0 radical (unpaired) electrons. The van der Waals surface area contributed by atoms with E-state index in [9.17, 15) is 9.59 Å². The van der Waals surface area contributed by atoms with Gasteiger partial charge in [0.1, 0.15) is 5.58 Å². The van der Waals surface area contributed by atoms with Gasteiger partial charge in [0.2, 0.25) is 12.5 Å². The second kappa shape index (κ2) is 4.69. The summed E-state index contributed by atoms with van der Waals surface area (Å²) in [5, 5.41) is 9.43. The van der Waals surface area contributed by atoms with Crippen molar-refractivity contribution in [2.24, 2.45) is 0 Å². The lowest BCUT2D eigenvalue weighted by Gasteiger charge is -2.10. The van der Waals surface area contributed by atoms with Gasteiger partial charge in [0.25, 0.3) is 0 Å². The Morgan fingerprint density at radius 3 is 2.76 bits per heavy atom. The number of benzene rings is 1. The van der Waals surface area contributed by atoms with Crippen molar-refractivity contribution in [2.75, 3.05) is 13.9 Å². The van der Waals surface area contributed by atoms with Gasteiger partial charge in [-0.15, -0.1) is 0 Å². The molecule has 1 aliphatic rings. The van der Waals surface area contributed by atoms with Gasteiger partial charge in [0.15, 0.2) is 11.5 Å². The van der Waals surface area contributed by atoms with Crippen molar-refractivity contribution in [3.63, 3.8) is 0 Å². The summed E-state index contributed by atoms with van der Waals surface area (Å²) < 4.78 is 21.2. The molecule has 1 aromatic heterocycles. The van der Waals surface area contributed by atoms with Crippen molar-refractivity contribution >= 4 is 16.9 Å². The molecule has 0 spiro atoms. The van der Waals surface area contributed by atoms with Crippen LogP contribution in [0.4, 0.5) is 0 Å². The van der Waals surface area contributed by atoms with Crippen molar-refractivity contribution in [2.45, 2.75) is 13.3 Å². The molecule has 0 saturated heterocycles. The molecule has 0 fully saturated rings. The molecule has 2 heterocycles. The summed E-state index contributed by atoms with van der Waals surface area (Å²) in [6.45, 7) is 1.68. The van der Waals surface area contributed by atoms with Crippen LogP contribution in [0.3, 0.4) is 0 Å². The molecule has 1 N–H and O–H groups in total. The predicted octanol–water partition coefficient (Wildman–Crippen LogP) is 1.47. The Morgan fingerprint density at radius 2 is 2.10 bits per heavy atom. The zero-order chi connectivity index (χ0) is 15.1. The predicted molar refractivity (Wildman–Crippen MR) is 71.2 cm³/mol. The van der Waals surface area contributed by atoms with Crippen molar-refractivity contribution in [3.05, 3.63) is 27.6 Å². The number of ether oxygens (including phenoxy) is 3. The maximum Gasteiger partial charge on any atom is 0.340 e. The van der Waals surface area contributed by atoms with Gasteiger partial charge in [0.05, 0.1) is 24.5 Å². The standard InChI is InChI=1S/C14H12O7/c1-6-7(3-10(15)16)14(17)21-8-4-9(18-2)12-13(11(6)8)20-5-19-12/h4H,3,5H2,1-2H3,(H,15,16). The number of aryl methyl sites for hydroxylation is 1. The van der Waals surface area contributed by atoms with Gasteiger partial charge in [-0.25, -0.2) is 4.79 Å². The molecule has 110 valence electrons. The Morgan fingerprint density at radius 1 is 1.38 bits per heavy atom. The monoisotopic (exact) mass is 292 g/mol. The Balaban J connectivity index is 2.38. The first-order valence-corrected chi connectivity index (χ1v) is 6.17. The van der Waals surface area contributed by atoms with Gasteiger partial charge < -0.3 is 23.7 Å². The largest absolute Gasteiger partial charge is 0.493 e. The van der Waals surface area contributed by atoms with E-state index in [0.717, 1.165) is 0 Å². The maximum absolute atomic E-state index is 11.9. The summed E-state index contributed by atoms with van der Waals surface area (Å²) in [7, 11) is 1.47. The molecule has 2 aromatic rings. The van der Waals surface area contributed by atoms with Crippen LogP contribution in [0.2, 0.25) is 0 Å². The first kappa shape index (κ1) is 13.3. The summed E-state index contributed by atoms with van der Waals surface area (Å²) in [6.07, 6.45) is -0.411. The summed E-state index contributed by atoms with van der Waals surface area (Å²) in [5.74, 6) is 0.107. The van der Waals surface area contributed by atoms with Gasteiger partial charge in [-0.1, -0.05) is 0 Å². The lowest BCUT2D eigenvalue weighted by molar-refractivity contribution is -0.136. The van der Waals surface area contributed by atoms with E-state index in [2.05, 4.69) is 0 Å². The van der Waals surface area contributed by atoms with E-state index in [1.165, 1.54) is 13.2 Å². The topological polar surface area (TPSA) is 95.2 Å². The zero-order valence-electron chi connectivity index (χ0n) is 11.4. The Hall–Kier alpha value is -2.70. The molecule has 7 heteroatoms. The highest BCUT2D eigenvalue weighted by Crippen LogP contribution is 2.47. The number of aliphatic carboxylic acids is 1. The molecular weight excluding hydrogens is 280 g/mol. The highest BCUT2D eigenvalue weighted by atomic mass is 16.7. The molecular formula is C14H12O7. The molecule has 3 rings (SSSR count). The van der Waals surface area contributed by atoms with Crippen molar-refractivity contribution in [1.82, 2.24) is 0 Å². The van der Waals surface area contributed by atoms with Crippen LogP contribution < -0.4 is 19.8 Å². The third kappa shape index (κ3) is 1.97. The average molecular weight is 292 g/mol. The van der Waals surface area contributed by atoms with Gasteiger partial charge in [-0.2, -0.15) is 0 Å². The van der Waals surface area contributed by atoms with E-state index in [1.54, 1.807) is 6.92 Å². The molecule has 0 aliphatic carbocycles. The molecule has 0 atom stereocenters. The van der Waals surface area contributed by atoms with E-state index in [0.29, 0.717) is 28.2 Å². The van der Waals surface area contributed by atoms with Crippen LogP contribution in [0.15, 0.2) is 15.3 Å². The summed E-state index contributed by atoms with van der Waals surface area (Å²) in [5.41, 5.74) is 0.196. The van der Waals surface area contributed by atoms with E-state index < -0.39 is 18.0 Å². The third-order valence-electron chi connectivity index (χ3n) is 3.40. The first-order chi connectivity index (χ1) is 10.0. The Labute approximate surface area is 118 Å². The van der Waals surface area contributed by atoms with Gasteiger partial charge in [-0.3, -0.25) is 4.79 Å². The molecule has 1 aromatic carbocycles. The zero-order valence-corrected chi connectivity index (χ0v) is 11.4. The lowest BCUT2D eigenvalue weighted by atomic mass is 10.0. The van der Waals surface area contributed by atoms with Crippen LogP contribution in [0.1, 0.15) is 11.1 Å². The minimum atomic E-state index is -1.10. The van der Waals surface area contributed by atoms with Crippen molar-refractivity contribution < 1.29 is 28.5 Å². The first-order valence-electron chi connectivity index (χ1n) is 6.17. The summed E-state index contributed by atoms with van der Waals surface area (Å²) in [6, 6.07) is 1.53. The highest BCUT2D eigenvalue weighted by molar-refractivity contribution is 5.93. The molecule has 0 bridgehead atoms. The van der Waals surface area contributed by atoms with Crippen LogP contribution in [0.5, 0.6) is 17.2 Å². The van der Waals surface area contributed by atoms with E-state index in [1.807, 2.05) is 0 Å². The number of methoxy groups -OCH3 is 1. The molecule has 21 heavy (non-hydrogen) atoms. The number of carboxylic acids is 1. The summed E-state index contributed by atoms with van der Waals surface area (Å²) in [4.78, 5) is 22.8. The minimum absolute atomic E-state index is 0.0254. The molecule has 1 aliphatic heterocycles. The second-order valence-corrected chi connectivity index (χ2v) is 4.58. The van der Waals surface area contributed by atoms with E-state index in [-0.39, 0.29) is 17.9 Å². The fourth-order valence-corrected chi connectivity index (χ4v) is 2.42. The average Bonchev–Trinajstić information content (AvgIpc) is 2.90. The quantitative estimate of drug-likeness (QED) is 0.856. The molecule has 0 saturated carbocycles. The normalized spacial score (nSPS) is 12.7. The fraction of sp³-hybridized carbons (Fsp3) is 0.286. The number of carbonyl (C=O) groups is 1. The minimum Gasteiger partial charge on any atom is -0.493 e. The van der Waals surface area contributed by atoms with E-state index in [4.69, 9.17) is 23.7 Å². The van der Waals surface area contributed by atoms with Crippen LogP contribution >= 0.6 is 0 Å². The molecule has 0 unspecified atom stereocenters. The fourth-order valence-electron chi connectivity index (χ4n) is 2.42. The van der Waals surface area contributed by atoms with Crippen LogP contribution in [0.25, 0.3) is 11.0 Å². The number of rotatable bonds is 3. The third-order valence-corrected chi connectivity index (χ3v) is 3.40. The Bertz CT molecular complexity index is 803. The van der Waals surface area contributed by atoms with Crippen molar-refractivity contribution in [3.8, 4) is 17.2 Å². The number of fused-ring (bicyclic) bond motifs is 3. The number of carboxylic acid groups (broad SMARTS) is 1. The van der Waals surface area contributed by atoms with Gasteiger partial charge in [0, 0.05) is 6.07 Å². The van der Waals surface area contributed by atoms with Gasteiger partial charge in [-0.05, 0) is 12.5 Å². The SMILES string of the molecule is COc1cc2oc(=O)c(CC(=O)O)c(C)c2c2c1OCO2. The van der Waals surface area contributed by atoms with Crippen molar-refractivity contribution in [1.29, 1.82) is 0 Å². The summed E-state index contributed by atoms with van der Waals surface area (Å²) >= 11 is 0. The van der Waals surface area contributed by atoms with Crippen LogP contribution in [0, 0.1) is 6.92 Å². The second-order valence-electron chi connectivity index (χ2n) is 4.58. The lowest BCUT2D eigenvalue weighted by Crippen LogP contribution is -2.15. The maximum atomic E-state index is 11.9. The number of hydrogen-bond acceptors (Lipinski definition) is 6. The van der Waals surface area contributed by atoms with Gasteiger partial charge >= 0.3 is 11.6 Å². The smallest absolute Gasteiger partial charge is 0.340 e. The molecule has 7 nitrogen and oxygen atoms in total.